The standard InChI is InChI=1S/C23H30O6/c1-13(24)28-12-23-17-9-10-22(3)16(7-8-20(22)26)15(17)11-19(29-14(2)25)18(23)5-4-6-21(23)27/h4,6,15-19H,5,7-12H2,1-3H3. The van der Waals surface area contributed by atoms with E-state index in [-0.39, 0.29) is 47.4 Å². The number of carbonyl (C=O) groups excluding carboxylic acids is 4. The van der Waals surface area contributed by atoms with Gasteiger partial charge in [-0.2, -0.15) is 0 Å². The third kappa shape index (κ3) is 2.98. The maximum absolute atomic E-state index is 13.4. The Balaban J connectivity index is 1.80. The third-order valence-electron chi connectivity index (χ3n) is 8.37. The number of carbonyl (C=O) groups is 4. The topological polar surface area (TPSA) is 86.7 Å². The molecule has 0 aliphatic heterocycles. The summed E-state index contributed by atoms with van der Waals surface area (Å²) in [5.74, 6) is -0.384. The highest BCUT2D eigenvalue weighted by molar-refractivity contribution is 5.97. The van der Waals surface area contributed by atoms with E-state index in [4.69, 9.17) is 9.47 Å². The van der Waals surface area contributed by atoms with Crippen molar-refractivity contribution in [2.45, 2.75) is 65.4 Å². The second kappa shape index (κ2) is 7.06. The molecular formula is C23H30O6. The highest BCUT2D eigenvalue weighted by atomic mass is 16.5. The van der Waals surface area contributed by atoms with E-state index in [9.17, 15) is 19.2 Å². The minimum Gasteiger partial charge on any atom is -0.465 e. The third-order valence-corrected chi connectivity index (χ3v) is 8.37. The second-order valence-corrected chi connectivity index (χ2v) is 9.61. The van der Waals surface area contributed by atoms with Gasteiger partial charge in [-0.3, -0.25) is 19.2 Å². The van der Waals surface area contributed by atoms with Crippen LogP contribution in [0.4, 0.5) is 0 Å². The fourth-order valence-corrected chi connectivity index (χ4v) is 7.12. The number of ether oxygens (including phenoxy) is 2. The van der Waals surface area contributed by atoms with Gasteiger partial charge >= 0.3 is 11.9 Å². The van der Waals surface area contributed by atoms with Gasteiger partial charge in [0.2, 0.25) is 0 Å². The summed E-state index contributed by atoms with van der Waals surface area (Å²) in [6, 6.07) is 0. The van der Waals surface area contributed by atoms with Crippen LogP contribution < -0.4 is 0 Å². The van der Waals surface area contributed by atoms with E-state index in [0.717, 1.165) is 19.3 Å². The van der Waals surface area contributed by atoms with Crippen LogP contribution in [-0.2, 0) is 28.7 Å². The van der Waals surface area contributed by atoms with Crippen LogP contribution in [0.5, 0.6) is 0 Å². The van der Waals surface area contributed by atoms with Gasteiger partial charge in [0.05, 0.1) is 5.41 Å². The molecule has 0 radical (unpaired) electrons. The van der Waals surface area contributed by atoms with Gasteiger partial charge < -0.3 is 9.47 Å². The molecule has 158 valence electrons. The Morgan fingerprint density at radius 2 is 1.86 bits per heavy atom. The second-order valence-electron chi connectivity index (χ2n) is 9.61. The van der Waals surface area contributed by atoms with Gasteiger partial charge in [-0.05, 0) is 55.9 Å². The zero-order valence-electron chi connectivity index (χ0n) is 17.4. The number of allylic oxidation sites excluding steroid dienone is 2. The highest BCUT2D eigenvalue weighted by Gasteiger charge is 2.66. The molecule has 0 spiro atoms. The quantitative estimate of drug-likeness (QED) is 0.675. The van der Waals surface area contributed by atoms with Gasteiger partial charge in [-0.1, -0.05) is 13.0 Å². The zero-order chi connectivity index (χ0) is 21.0. The lowest BCUT2D eigenvalue weighted by Gasteiger charge is -2.59. The first-order valence-corrected chi connectivity index (χ1v) is 10.7. The summed E-state index contributed by atoms with van der Waals surface area (Å²) >= 11 is 0. The van der Waals surface area contributed by atoms with Crippen molar-refractivity contribution < 1.29 is 28.7 Å². The Hall–Kier alpha value is -1.98. The molecule has 0 aromatic heterocycles. The fourth-order valence-electron chi connectivity index (χ4n) is 7.12. The predicted molar refractivity (Wildman–Crippen MR) is 104 cm³/mol. The van der Waals surface area contributed by atoms with Crippen LogP contribution in [-0.4, -0.2) is 36.2 Å². The molecule has 0 N–H and O–H groups in total. The highest BCUT2D eigenvalue weighted by Crippen LogP contribution is 2.64. The molecule has 3 saturated carbocycles. The lowest BCUT2D eigenvalue weighted by Crippen LogP contribution is -2.63. The average molecular weight is 402 g/mol. The van der Waals surface area contributed by atoms with Gasteiger partial charge in [-0.25, -0.2) is 0 Å². The molecule has 4 aliphatic rings. The maximum atomic E-state index is 13.4. The number of Topliss-reactive ketones (excluding diaryl/α,β-unsaturated/α-hetero) is 1. The number of rotatable bonds is 3. The largest absolute Gasteiger partial charge is 0.465 e. The summed E-state index contributed by atoms with van der Waals surface area (Å²) in [6.45, 7) is 4.83. The number of esters is 2. The molecule has 7 atom stereocenters. The van der Waals surface area contributed by atoms with Crippen LogP contribution in [0.15, 0.2) is 12.2 Å². The normalized spacial score (nSPS) is 43.2. The van der Waals surface area contributed by atoms with Crippen molar-refractivity contribution in [3.63, 3.8) is 0 Å². The first kappa shape index (κ1) is 20.3. The number of ketones is 2. The first-order chi connectivity index (χ1) is 13.7. The van der Waals surface area contributed by atoms with E-state index in [1.165, 1.54) is 13.8 Å². The molecule has 0 saturated heterocycles. The Morgan fingerprint density at radius 1 is 1.10 bits per heavy atom. The summed E-state index contributed by atoms with van der Waals surface area (Å²) in [7, 11) is 0. The van der Waals surface area contributed by atoms with Crippen molar-refractivity contribution in [2.75, 3.05) is 6.61 Å². The summed E-state index contributed by atoms with van der Waals surface area (Å²) in [5.41, 5.74) is -1.23. The molecule has 7 unspecified atom stereocenters. The average Bonchev–Trinajstić information content (AvgIpc) is 2.95. The fraction of sp³-hybridized carbons (Fsp3) is 0.739. The molecule has 0 heterocycles. The number of hydrogen-bond donors (Lipinski definition) is 0. The van der Waals surface area contributed by atoms with Crippen LogP contribution >= 0.6 is 0 Å². The Labute approximate surface area is 171 Å². The van der Waals surface area contributed by atoms with Crippen molar-refractivity contribution in [2.24, 2.45) is 34.5 Å². The van der Waals surface area contributed by atoms with Gasteiger partial charge in [0, 0.05) is 31.6 Å². The van der Waals surface area contributed by atoms with Gasteiger partial charge in [0.15, 0.2) is 5.78 Å². The van der Waals surface area contributed by atoms with E-state index in [1.807, 2.05) is 6.08 Å². The number of hydrogen-bond acceptors (Lipinski definition) is 6. The van der Waals surface area contributed by atoms with E-state index in [2.05, 4.69) is 6.92 Å². The van der Waals surface area contributed by atoms with Crippen LogP contribution in [0.25, 0.3) is 0 Å². The smallest absolute Gasteiger partial charge is 0.302 e. The molecule has 29 heavy (non-hydrogen) atoms. The Kier molecular flexibility index (Phi) is 4.94. The minimum absolute atomic E-state index is 0.0203. The van der Waals surface area contributed by atoms with E-state index >= 15 is 0 Å². The maximum Gasteiger partial charge on any atom is 0.302 e. The van der Waals surface area contributed by atoms with E-state index < -0.39 is 17.5 Å². The molecule has 4 aliphatic carbocycles. The van der Waals surface area contributed by atoms with Gasteiger partial charge in [-0.15, -0.1) is 0 Å². The Bertz CT molecular complexity index is 784. The zero-order valence-corrected chi connectivity index (χ0v) is 17.4. The van der Waals surface area contributed by atoms with Crippen molar-refractivity contribution >= 4 is 23.5 Å². The summed E-state index contributed by atoms with van der Waals surface area (Å²) < 4.78 is 11.2. The summed E-state index contributed by atoms with van der Waals surface area (Å²) in [6.07, 6.45) is 7.27. The van der Waals surface area contributed by atoms with Crippen LogP contribution in [0.1, 0.15) is 59.3 Å². The Morgan fingerprint density at radius 3 is 2.55 bits per heavy atom. The molecule has 0 aromatic carbocycles. The van der Waals surface area contributed by atoms with Crippen molar-refractivity contribution in [3.05, 3.63) is 12.2 Å². The summed E-state index contributed by atoms with van der Waals surface area (Å²) in [4.78, 5) is 49.6. The SMILES string of the molecule is CC(=O)OCC12C(=O)C=CCC1C(OC(C)=O)CC1C3CCC(=O)C3(C)CCC12. The van der Waals surface area contributed by atoms with Gasteiger partial charge in [0.25, 0.3) is 0 Å². The molecule has 3 fully saturated rings. The molecule has 6 heteroatoms. The molecular weight excluding hydrogens is 372 g/mol. The van der Waals surface area contributed by atoms with E-state index in [0.29, 0.717) is 25.0 Å². The van der Waals surface area contributed by atoms with Crippen molar-refractivity contribution in [1.29, 1.82) is 0 Å². The molecule has 4 rings (SSSR count). The monoisotopic (exact) mass is 402 g/mol. The van der Waals surface area contributed by atoms with E-state index in [1.54, 1.807) is 6.08 Å². The number of fused-ring (bicyclic) bond motifs is 5. The van der Waals surface area contributed by atoms with Crippen LogP contribution in [0.2, 0.25) is 0 Å². The molecule has 0 amide bonds. The lowest BCUT2D eigenvalue weighted by atomic mass is 9.44. The first-order valence-electron chi connectivity index (χ1n) is 10.7. The molecule has 0 aromatic rings. The van der Waals surface area contributed by atoms with Gasteiger partial charge in [0.1, 0.15) is 18.5 Å². The molecule has 6 nitrogen and oxygen atoms in total. The lowest BCUT2D eigenvalue weighted by molar-refractivity contribution is -0.195. The van der Waals surface area contributed by atoms with Crippen molar-refractivity contribution in [1.82, 2.24) is 0 Å². The minimum atomic E-state index is -0.879. The predicted octanol–water partition coefficient (Wildman–Crippen LogP) is 3.03. The molecule has 0 bridgehead atoms. The summed E-state index contributed by atoms with van der Waals surface area (Å²) in [5, 5.41) is 0. The van der Waals surface area contributed by atoms with Crippen LogP contribution in [0, 0.1) is 34.5 Å². The van der Waals surface area contributed by atoms with Crippen molar-refractivity contribution in [3.8, 4) is 0 Å². The van der Waals surface area contributed by atoms with Crippen LogP contribution in [0.3, 0.4) is 0 Å².